The molecule has 0 unspecified atom stereocenters. The van der Waals surface area contributed by atoms with Gasteiger partial charge in [0.2, 0.25) is 0 Å². The Morgan fingerprint density at radius 1 is 0.857 bits per heavy atom. The summed E-state index contributed by atoms with van der Waals surface area (Å²) in [6.45, 7) is -0.826. The van der Waals surface area contributed by atoms with Gasteiger partial charge in [0.05, 0.1) is 13.2 Å². The van der Waals surface area contributed by atoms with Crippen LogP contribution in [0.1, 0.15) is 38.5 Å². The molecule has 0 spiro atoms. The normalized spacial score (nSPS) is 12.6. The summed E-state index contributed by atoms with van der Waals surface area (Å²) in [6.07, 6.45) is 2.33. The van der Waals surface area contributed by atoms with E-state index in [2.05, 4.69) is 18.8 Å². The van der Waals surface area contributed by atoms with Gasteiger partial charge in [-0.25, -0.2) is 18.0 Å². The average Bonchev–Trinajstić information content (AvgIpc) is 2.59. The van der Waals surface area contributed by atoms with Crippen molar-refractivity contribution >= 4 is 34.1 Å². The van der Waals surface area contributed by atoms with Crippen molar-refractivity contribution < 1.29 is 64.2 Å². The zero-order valence-corrected chi connectivity index (χ0v) is 15.7. The quantitative estimate of drug-likeness (QED) is 0.0655. The van der Waals surface area contributed by atoms with E-state index in [0.717, 1.165) is 0 Å². The van der Waals surface area contributed by atoms with Crippen molar-refractivity contribution in [3.05, 3.63) is 0 Å². The molecule has 0 bridgehead atoms. The fourth-order valence-electron chi connectivity index (χ4n) is 1.60. The summed E-state index contributed by atoms with van der Waals surface area (Å²) in [7, 11) is -6.15. The summed E-state index contributed by atoms with van der Waals surface area (Å²) in [5, 5.41) is 2.86. The molecule has 166 valence electrons. The van der Waals surface area contributed by atoms with Gasteiger partial charge in [0.15, 0.2) is 10.1 Å². The maximum Gasteiger partial charge on any atom is 0.428 e. The highest BCUT2D eigenvalue weighted by Crippen LogP contribution is 2.31. The fraction of sp³-hybridized carbons (Fsp3) is 0.833. The fourth-order valence-corrected chi connectivity index (χ4v) is 2.10. The molecule has 0 aromatic rings. The summed E-state index contributed by atoms with van der Waals surface area (Å²) in [5.74, 6) is -4.35. The summed E-state index contributed by atoms with van der Waals surface area (Å²) < 4.78 is 93.7. The van der Waals surface area contributed by atoms with Crippen LogP contribution >= 0.6 is 12.0 Å². The minimum Gasteiger partial charge on any atom is -0.743 e. The molecule has 0 aromatic heterocycles. The Morgan fingerprint density at radius 2 is 1.29 bits per heavy atom. The van der Waals surface area contributed by atoms with Crippen LogP contribution in [0.3, 0.4) is 0 Å². The summed E-state index contributed by atoms with van der Waals surface area (Å²) in [4.78, 5) is 21.8. The molecule has 10 nitrogen and oxygen atoms in total. The predicted octanol–water partition coefficient (Wildman–Crippen LogP) is 1.02. The van der Waals surface area contributed by atoms with Crippen molar-refractivity contribution in [3.63, 3.8) is 0 Å². The van der Waals surface area contributed by atoms with E-state index in [0.29, 0.717) is 25.7 Å². The Hall–Kier alpha value is -1.20. The molecule has 0 aromatic carbocycles. The Balaban J connectivity index is 3.74. The number of halogens is 4. The van der Waals surface area contributed by atoms with Gasteiger partial charge in [-0.2, -0.15) is 21.9 Å². The van der Waals surface area contributed by atoms with Crippen LogP contribution in [-0.2, 0) is 38.6 Å². The molecule has 0 rings (SSSR count). The molecule has 0 atom stereocenters. The van der Waals surface area contributed by atoms with Crippen molar-refractivity contribution in [1.82, 2.24) is 0 Å². The summed E-state index contributed by atoms with van der Waals surface area (Å²) in [5.41, 5.74) is 0. The minimum atomic E-state index is -6.15. The number of alkyl halides is 4. The largest absolute Gasteiger partial charge is 0.743 e. The third-order valence-electron chi connectivity index (χ3n) is 2.96. The van der Waals surface area contributed by atoms with Crippen LogP contribution in [-0.4, -0.2) is 48.6 Å². The first-order valence-corrected chi connectivity index (χ1v) is 9.71. The number of carbonyl (C=O) groups excluding carboxylic acids is 2. The van der Waals surface area contributed by atoms with Gasteiger partial charge in [-0.1, -0.05) is 25.7 Å². The van der Waals surface area contributed by atoms with Crippen LogP contribution < -0.4 is 5.26 Å². The maximum absolute atomic E-state index is 13.0. The molecule has 0 saturated carbocycles. The van der Waals surface area contributed by atoms with Crippen molar-refractivity contribution in [2.75, 3.05) is 13.2 Å². The lowest BCUT2D eigenvalue weighted by atomic mass is 10.1. The SMILES string of the molecule is O=C(OCCCCCCCCOC(=O)C(F)(F)S(=O)(=O)[O-])C(F)(F)SOO[O-]. The molecule has 0 N–H and O–H groups in total. The van der Waals surface area contributed by atoms with E-state index in [1.807, 2.05) is 0 Å². The number of hydrogen-bond donors (Lipinski definition) is 0. The van der Waals surface area contributed by atoms with Gasteiger partial charge < -0.3 is 19.3 Å². The first-order chi connectivity index (χ1) is 12.9. The van der Waals surface area contributed by atoms with Crippen LogP contribution in [0.15, 0.2) is 0 Å². The number of ether oxygens (including phenoxy) is 2. The van der Waals surface area contributed by atoms with E-state index >= 15 is 0 Å². The Bertz CT molecular complexity index is 599. The Kier molecular flexibility index (Phi) is 11.9. The lowest BCUT2D eigenvalue weighted by molar-refractivity contribution is -0.777. The Labute approximate surface area is 161 Å². The van der Waals surface area contributed by atoms with Gasteiger partial charge >= 0.3 is 22.4 Å². The van der Waals surface area contributed by atoms with Crippen LogP contribution in [0.2, 0.25) is 0 Å². The molecule has 0 aliphatic carbocycles. The molecule has 0 radical (unpaired) electrons. The van der Waals surface area contributed by atoms with Crippen molar-refractivity contribution in [2.24, 2.45) is 0 Å². The van der Waals surface area contributed by atoms with E-state index in [1.165, 1.54) is 0 Å². The number of carbonyl (C=O) groups is 2. The van der Waals surface area contributed by atoms with E-state index in [-0.39, 0.29) is 19.4 Å². The van der Waals surface area contributed by atoms with Crippen molar-refractivity contribution in [1.29, 1.82) is 0 Å². The molecule has 0 amide bonds. The topological polar surface area (TPSA) is 151 Å². The van der Waals surface area contributed by atoms with Crippen molar-refractivity contribution in [3.8, 4) is 0 Å². The second-order valence-corrected chi connectivity index (χ2v) is 7.34. The van der Waals surface area contributed by atoms with E-state index in [1.54, 1.807) is 0 Å². The molecular formula is C12H16F4O10S2-2. The maximum atomic E-state index is 13.0. The zero-order valence-electron chi connectivity index (χ0n) is 14.1. The molecule has 0 aliphatic rings. The van der Waals surface area contributed by atoms with Gasteiger partial charge in [0.1, 0.15) is 12.0 Å². The van der Waals surface area contributed by atoms with Gasteiger partial charge in [0, 0.05) is 0 Å². The third-order valence-corrected chi connectivity index (χ3v) is 4.25. The zero-order chi connectivity index (χ0) is 21.8. The van der Waals surface area contributed by atoms with Crippen LogP contribution in [0.25, 0.3) is 0 Å². The molecule has 28 heavy (non-hydrogen) atoms. The number of hydrogen-bond acceptors (Lipinski definition) is 11. The van der Waals surface area contributed by atoms with Gasteiger partial charge in [-0.3, -0.25) is 5.04 Å². The highest BCUT2D eigenvalue weighted by molar-refractivity contribution is 7.96. The molecular weight excluding hydrogens is 444 g/mol. The van der Waals surface area contributed by atoms with Gasteiger partial charge in [-0.15, -0.1) is 0 Å². The van der Waals surface area contributed by atoms with Gasteiger partial charge in [0.25, 0.3) is 0 Å². The summed E-state index contributed by atoms with van der Waals surface area (Å²) in [6, 6.07) is 0. The highest BCUT2D eigenvalue weighted by atomic mass is 32.2. The highest BCUT2D eigenvalue weighted by Gasteiger charge is 2.48. The lowest BCUT2D eigenvalue weighted by Gasteiger charge is -2.17. The van der Waals surface area contributed by atoms with Crippen LogP contribution in [0.5, 0.6) is 0 Å². The summed E-state index contributed by atoms with van der Waals surface area (Å²) >= 11 is -0.805. The van der Waals surface area contributed by atoms with Crippen LogP contribution in [0, 0.1) is 0 Å². The minimum absolute atomic E-state index is 0.126. The monoisotopic (exact) mass is 460 g/mol. The average molecular weight is 460 g/mol. The first kappa shape index (κ1) is 26.8. The first-order valence-electron chi connectivity index (χ1n) is 7.56. The van der Waals surface area contributed by atoms with Crippen molar-refractivity contribution in [2.45, 2.75) is 49.0 Å². The number of esters is 2. The number of unbranched alkanes of at least 4 members (excludes halogenated alkanes) is 5. The Morgan fingerprint density at radius 3 is 1.71 bits per heavy atom. The standard InChI is InChI=1S/C12H18F4O10S2/c13-11(14,27-26-25-19)9(17)23-7-5-3-1-2-4-6-8-24-10(18)12(15,16)28(20,21)22/h19H,1-8H2,(H,20,21,22)/p-2. The molecule has 16 heteroatoms. The van der Waals surface area contributed by atoms with Crippen LogP contribution in [0.4, 0.5) is 17.6 Å². The molecule has 0 heterocycles. The second kappa shape index (κ2) is 12.4. The van der Waals surface area contributed by atoms with E-state index in [9.17, 15) is 45.4 Å². The molecule has 0 aliphatic heterocycles. The van der Waals surface area contributed by atoms with Gasteiger partial charge in [-0.05, 0) is 12.8 Å². The lowest BCUT2D eigenvalue weighted by Crippen LogP contribution is -2.39. The smallest absolute Gasteiger partial charge is 0.428 e. The van der Waals surface area contributed by atoms with E-state index < -0.39 is 51.2 Å². The van der Waals surface area contributed by atoms with E-state index in [4.69, 9.17) is 0 Å². The predicted molar refractivity (Wildman–Crippen MR) is 79.0 cm³/mol. The molecule has 0 fully saturated rings. The third kappa shape index (κ3) is 9.83. The molecule has 0 saturated heterocycles. The second-order valence-electron chi connectivity index (χ2n) is 5.10. The number of rotatable bonds is 15.